The van der Waals surface area contributed by atoms with E-state index in [9.17, 15) is 13.2 Å². The van der Waals surface area contributed by atoms with Gasteiger partial charge in [0.05, 0.1) is 5.75 Å². The smallest absolute Gasteiger partial charge is 0.222 e. The number of sulfonamides is 1. The number of nitrogens with zero attached hydrogens (tertiary/aromatic N) is 2. The van der Waals surface area contributed by atoms with Crippen molar-refractivity contribution in [1.29, 1.82) is 0 Å². The van der Waals surface area contributed by atoms with Gasteiger partial charge in [0.1, 0.15) is 0 Å². The molecule has 2 saturated heterocycles. The summed E-state index contributed by atoms with van der Waals surface area (Å²) in [4.78, 5) is 14.5. The Hall–Kier alpha value is -2.18. The molecule has 0 spiro atoms. The number of hydrogen-bond acceptors (Lipinski definition) is 3. The van der Waals surface area contributed by atoms with Gasteiger partial charge in [0.25, 0.3) is 0 Å². The molecule has 2 atom stereocenters. The normalized spacial score (nSPS) is 22.4. The molecule has 0 bridgehead atoms. The maximum Gasteiger partial charge on any atom is 0.222 e. The first kappa shape index (κ1) is 19.2. The molecule has 2 aromatic rings. The summed E-state index contributed by atoms with van der Waals surface area (Å²) in [6, 6.07) is 19.4. The largest absolute Gasteiger partial charge is 0.342 e. The molecular formula is C22H26N2O3S. The summed E-state index contributed by atoms with van der Waals surface area (Å²) >= 11 is 0. The number of rotatable bonds is 6. The third-order valence-corrected chi connectivity index (χ3v) is 7.64. The molecule has 6 heteroatoms. The molecule has 2 aliphatic heterocycles. The number of carbonyl (C=O) groups excluding carboxylic acids is 1. The Bertz CT molecular complexity index is 901. The van der Waals surface area contributed by atoms with E-state index in [1.807, 2.05) is 65.6 Å². The van der Waals surface area contributed by atoms with Crippen molar-refractivity contribution >= 4 is 15.9 Å². The van der Waals surface area contributed by atoms with E-state index in [-0.39, 0.29) is 23.5 Å². The highest BCUT2D eigenvalue weighted by atomic mass is 32.2. The molecule has 4 rings (SSSR count). The molecule has 2 heterocycles. The monoisotopic (exact) mass is 398 g/mol. The zero-order valence-corrected chi connectivity index (χ0v) is 16.7. The highest BCUT2D eigenvalue weighted by Crippen LogP contribution is 2.33. The Morgan fingerprint density at radius 2 is 1.36 bits per heavy atom. The van der Waals surface area contributed by atoms with Crippen molar-refractivity contribution < 1.29 is 13.2 Å². The van der Waals surface area contributed by atoms with Crippen LogP contribution in [0.1, 0.15) is 17.5 Å². The van der Waals surface area contributed by atoms with Crippen molar-refractivity contribution in [2.45, 2.75) is 18.6 Å². The molecule has 0 aromatic heterocycles. The average molecular weight is 399 g/mol. The number of amides is 1. The average Bonchev–Trinajstić information content (AvgIpc) is 3.27. The van der Waals surface area contributed by atoms with Gasteiger partial charge < -0.3 is 4.90 Å². The van der Waals surface area contributed by atoms with Gasteiger partial charge in [0.2, 0.25) is 15.9 Å². The minimum atomic E-state index is -3.31. The van der Waals surface area contributed by atoms with Crippen LogP contribution in [0.15, 0.2) is 60.7 Å². The predicted molar refractivity (Wildman–Crippen MR) is 109 cm³/mol. The molecule has 148 valence electrons. The fraction of sp³-hybridized carbons (Fsp3) is 0.409. The van der Waals surface area contributed by atoms with E-state index in [0.717, 1.165) is 12.0 Å². The van der Waals surface area contributed by atoms with Crippen molar-refractivity contribution in [1.82, 2.24) is 9.21 Å². The molecule has 2 fully saturated rings. The van der Waals surface area contributed by atoms with Gasteiger partial charge in [-0.25, -0.2) is 12.7 Å². The minimum absolute atomic E-state index is 0.0486. The maximum absolute atomic E-state index is 12.8. The number of likely N-dealkylation sites (tertiary alicyclic amines) is 1. The van der Waals surface area contributed by atoms with Crippen LogP contribution in [0.2, 0.25) is 0 Å². The summed E-state index contributed by atoms with van der Waals surface area (Å²) in [6.07, 6.45) is 1.27. The Labute approximate surface area is 167 Å². The summed E-state index contributed by atoms with van der Waals surface area (Å²) < 4.78 is 27.1. The number of carbonyl (C=O) groups is 1. The van der Waals surface area contributed by atoms with Crippen molar-refractivity contribution in [3.05, 3.63) is 71.8 Å². The lowest BCUT2D eigenvalue weighted by Crippen LogP contribution is -2.36. The summed E-state index contributed by atoms with van der Waals surface area (Å²) in [5.41, 5.74) is 1.99. The molecule has 1 amide bonds. The molecule has 0 radical (unpaired) electrons. The van der Waals surface area contributed by atoms with E-state index >= 15 is 0 Å². The van der Waals surface area contributed by atoms with Crippen LogP contribution in [-0.2, 0) is 27.0 Å². The van der Waals surface area contributed by atoms with Crippen LogP contribution in [-0.4, -0.2) is 49.7 Å². The SMILES string of the molecule is O=C(CCc1ccccc1)N1C[C@H]2CN(S(=O)(=O)Cc3ccccc3)C[C@@H]2C1. The number of fused-ring (bicyclic) bond motifs is 1. The molecule has 0 saturated carbocycles. The van der Waals surface area contributed by atoms with Gasteiger partial charge >= 0.3 is 0 Å². The molecule has 5 nitrogen and oxygen atoms in total. The van der Waals surface area contributed by atoms with Gasteiger partial charge in [-0.3, -0.25) is 4.79 Å². The third kappa shape index (κ3) is 4.28. The molecule has 2 aromatic carbocycles. The lowest BCUT2D eigenvalue weighted by atomic mass is 10.0. The fourth-order valence-corrected chi connectivity index (χ4v) is 5.94. The molecule has 0 aliphatic carbocycles. The summed E-state index contributed by atoms with van der Waals surface area (Å²) in [7, 11) is -3.31. The second-order valence-electron chi connectivity index (χ2n) is 7.86. The number of hydrogen-bond donors (Lipinski definition) is 0. The molecular weight excluding hydrogens is 372 g/mol. The Morgan fingerprint density at radius 1 is 0.821 bits per heavy atom. The van der Waals surface area contributed by atoms with Gasteiger partial charge in [-0.15, -0.1) is 0 Å². The quantitative estimate of drug-likeness (QED) is 0.751. The van der Waals surface area contributed by atoms with E-state index < -0.39 is 10.0 Å². The summed E-state index contributed by atoms with van der Waals surface area (Å²) in [6.45, 7) is 2.41. The van der Waals surface area contributed by atoms with E-state index in [2.05, 4.69) is 0 Å². The van der Waals surface area contributed by atoms with Crippen LogP contribution in [0.3, 0.4) is 0 Å². The second-order valence-corrected chi connectivity index (χ2v) is 9.83. The van der Waals surface area contributed by atoms with Gasteiger partial charge in [0, 0.05) is 32.6 Å². The van der Waals surface area contributed by atoms with Crippen molar-refractivity contribution in [2.75, 3.05) is 26.2 Å². The molecule has 0 N–H and O–H groups in total. The predicted octanol–water partition coefficient (Wildman–Crippen LogP) is 2.54. The number of aryl methyl sites for hydroxylation is 1. The molecule has 2 aliphatic rings. The minimum Gasteiger partial charge on any atom is -0.342 e. The van der Waals surface area contributed by atoms with Crippen LogP contribution in [0.25, 0.3) is 0 Å². The third-order valence-electron chi connectivity index (χ3n) is 5.86. The first-order valence-electron chi connectivity index (χ1n) is 9.85. The standard InChI is InChI=1S/C22H26N2O3S/c25-22(12-11-18-7-3-1-4-8-18)23-13-20-15-24(16-21(20)14-23)28(26,27)17-19-9-5-2-6-10-19/h1-10,20-21H,11-17H2/t20-,21-/m0/s1. The van der Waals surface area contributed by atoms with Gasteiger partial charge in [-0.1, -0.05) is 60.7 Å². The van der Waals surface area contributed by atoms with E-state index in [0.29, 0.717) is 32.6 Å². The van der Waals surface area contributed by atoms with Crippen LogP contribution in [0.4, 0.5) is 0 Å². The molecule has 28 heavy (non-hydrogen) atoms. The fourth-order valence-electron chi connectivity index (χ4n) is 4.31. The van der Waals surface area contributed by atoms with Crippen LogP contribution >= 0.6 is 0 Å². The Kier molecular flexibility index (Phi) is 5.51. The first-order chi connectivity index (χ1) is 13.5. The van der Waals surface area contributed by atoms with Crippen LogP contribution in [0, 0.1) is 11.8 Å². The van der Waals surface area contributed by atoms with Gasteiger partial charge in [-0.05, 0) is 29.4 Å². The van der Waals surface area contributed by atoms with Crippen molar-refractivity contribution in [2.24, 2.45) is 11.8 Å². The maximum atomic E-state index is 12.8. The Morgan fingerprint density at radius 3 is 1.93 bits per heavy atom. The van der Waals surface area contributed by atoms with Gasteiger partial charge in [0.15, 0.2) is 0 Å². The Balaban J connectivity index is 1.30. The summed E-state index contributed by atoms with van der Waals surface area (Å²) in [5.74, 6) is 0.738. The zero-order valence-electron chi connectivity index (χ0n) is 15.9. The topological polar surface area (TPSA) is 57.7 Å². The lowest BCUT2D eigenvalue weighted by Gasteiger charge is -2.21. The van der Waals surface area contributed by atoms with E-state index in [1.54, 1.807) is 4.31 Å². The summed E-state index contributed by atoms with van der Waals surface area (Å²) in [5, 5.41) is 0. The highest BCUT2D eigenvalue weighted by Gasteiger charge is 2.44. The lowest BCUT2D eigenvalue weighted by molar-refractivity contribution is -0.130. The number of benzene rings is 2. The van der Waals surface area contributed by atoms with E-state index in [4.69, 9.17) is 0 Å². The molecule has 0 unspecified atom stereocenters. The van der Waals surface area contributed by atoms with Crippen molar-refractivity contribution in [3.63, 3.8) is 0 Å². The van der Waals surface area contributed by atoms with Gasteiger partial charge in [-0.2, -0.15) is 0 Å². The van der Waals surface area contributed by atoms with Crippen molar-refractivity contribution in [3.8, 4) is 0 Å². The highest BCUT2D eigenvalue weighted by molar-refractivity contribution is 7.88. The van der Waals surface area contributed by atoms with E-state index in [1.165, 1.54) is 5.56 Å². The second kappa shape index (κ2) is 8.05. The first-order valence-corrected chi connectivity index (χ1v) is 11.5. The van der Waals surface area contributed by atoms with Crippen LogP contribution in [0.5, 0.6) is 0 Å². The zero-order chi connectivity index (χ0) is 19.6. The van der Waals surface area contributed by atoms with Crippen LogP contribution < -0.4 is 0 Å².